The molecule has 0 radical (unpaired) electrons. The van der Waals surface area contributed by atoms with E-state index in [1.54, 1.807) is 36.0 Å². The molecule has 0 saturated carbocycles. The molecule has 1 saturated heterocycles. The van der Waals surface area contributed by atoms with Crippen LogP contribution in [0.25, 0.3) is 5.53 Å². The predicted molar refractivity (Wildman–Crippen MR) is 129 cm³/mol. The second-order valence-corrected chi connectivity index (χ2v) is 9.84. The third-order valence-corrected chi connectivity index (χ3v) is 7.25. The van der Waals surface area contributed by atoms with E-state index >= 15 is 0 Å². The van der Waals surface area contributed by atoms with Crippen molar-refractivity contribution in [1.29, 1.82) is 0 Å². The van der Waals surface area contributed by atoms with Gasteiger partial charge in [-0.05, 0) is 23.7 Å². The van der Waals surface area contributed by atoms with E-state index in [0.29, 0.717) is 24.2 Å². The maximum absolute atomic E-state index is 13.0. The van der Waals surface area contributed by atoms with Gasteiger partial charge in [-0.3, -0.25) is 14.4 Å². The van der Waals surface area contributed by atoms with Crippen LogP contribution in [-0.2, 0) is 9.59 Å². The first kappa shape index (κ1) is 24.8. The maximum Gasteiger partial charge on any atom is 0.303 e. The van der Waals surface area contributed by atoms with Crippen molar-refractivity contribution in [2.24, 2.45) is 5.92 Å². The normalized spacial score (nSPS) is 21.5. The summed E-state index contributed by atoms with van der Waals surface area (Å²) in [6.07, 6.45) is 1.51. The van der Waals surface area contributed by atoms with Crippen molar-refractivity contribution < 1.29 is 24.2 Å². The summed E-state index contributed by atoms with van der Waals surface area (Å²) in [7, 11) is 0. The molecule has 174 valence electrons. The highest BCUT2D eigenvalue weighted by Crippen LogP contribution is 2.29. The number of nitrogens with zero attached hydrogens (tertiary/aromatic N) is 2. The lowest BCUT2D eigenvalue weighted by Crippen LogP contribution is -2.51. The highest BCUT2D eigenvalue weighted by atomic mass is 32.2. The quantitative estimate of drug-likeness (QED) is 0.285. The van der Waals surface area contributed by atoms with Gasteiger partial charge in [-0.1, -0.05) is 67.6 Å². The standard InChI is InChI=1S/C26H30N2O4S/c1-18-16-23(29)22(28(27)25(18)26(32)20-10-6-3-7-11-20)13-15-33-14-12-21(17-24(30)31)19-8-4-2-5-9-19/h2-11,18,21-22,25H,12-17H2,1H3,(H,30,31). The smallest absolute Gasteiger partial charge is 0.303 e. The first-order chi connectivity index (χ1) is 15.9. The molecule has 1 aliphatic rings. The molecule has 1 aliphatic heterocycles. The van der Waals surface area contributed by atoms with Gasteiger partial charge in [0.05, 0.1) is 6.42 Å². The van der Waals surface area contributed by atoms with Gasteiger partial charge in [0.15, 0.2) is 5.78 Å². The number of carboxylic acid groups (broad SMARTS) is 1. The molecular formula is C26H30N2O4S. The fourth-order valence-corrected chi connectivity index (χ4v) is 5.50. The van der Waals surface area contributed by atoms with Gasteiger partial charge in [0.25, 0.3) is 0 Å². The highest BCUT2D eigenvalue weighted by Gasteiger charge is 2.44. The van der Waals surface area contributed by atoms with E-state index in [0.717, 1.165) is 16.0 Å². The van der Waals surface area contributed by atoms with Crippen LogP contribution in [0, 0.1) is 5.92 Å². The van der Waals surface area contributed by atoms with E-state index in [-0.39, 0.29) is 36.2 Å². The number of Topliss-reactive ketones (excluding diaryl/α,β-unsaturated/α-hetero) is 2. The number of carbonyl (C=O) groups excluding carboxylic acids is 2. The van der Waals surface area contributed by atoms with Crippen molar-refractivity contribution in [2.45, 2.75) is 50.6 Å². The maximum atomic E-state index is 13.0. The van der Waals surface area contributed by atoms with E-state index in [2.05, 4.69) is 0 Å². The van der Waals surface area contributed by atoms with E-state index in [4.69, 9.17) is 0 Å². The van der Waals surface area contributed by atoms with E-state index in [9.17, 15) is 25.0 Å². The molecule has 2 aromatic rings. The third kappa shape index (κ3) is 6.60. The Balaban J connectivity index is 1.54. The van der Waals surface area contributed by atoms with Gasteiger partial charge in [-0.2, -0.15) is 11.8 Å². The zero-order valence-corrected chi connectivity index (χ0v) is 19.6. The van der Waals surface area contributed by atoms with Crippen LogP contribution in [-0.4, -0.2) is 50.9 Å². The number of aliphatic carboxylic acids is 1. The zero-order chi connectivity index (χ0) is 23.8. The highest BCUT2D eigenvalue weighted by molar-refractivity contribution is 7.99. The molecule has 3 rings (SSSR count). The minimum Gasteiger partial charge on any atom is -0.506 e. The Morgan fingerprint density at radius 3 is 2.36 bits per heavy atom. The van der Waals surface area contributed by atoms with Crippen LogP contribution in [0.5, 0.6) is 0 Å². The van der Waals surface area contributed by atoms with Crippen LogP contribution < -0.4 is 0 Å². The van der Waals surface area contributed by atoms with Gasteiger partial charge in [-0.15, -0.1) is 0 Å². The van der Waals surface area contributed by atoms with Crippen LogP contribution in [0.4, 0.5) is 0 Å². The molecule has 4 atom stereocenters. The fourth-order valence-electron chi connectivity index (χ4n) is 4.46. The van der Waals surface area contributed by atoms with Crippen LogP contribution in [0.1, 0.15) is 54.4 Å². The molecule has 33 heavy (non-hydrogen) atoms. The van der Waals surface area contributed by atoms with Crippen molar-refractivity contribution in [3.63, 3.8) is 0 Å². The molecule has 0 aliphatic carbocycles. The summed E-state index contributed by atoms with van der Waals surface area (Å²) in [4.78, 5) is 36.9. The second-order valence-electron chi connectivity index (χ2n) is 8.61. The minimum atomic E-state index is -0.819. The number of carbonyl (C=O) groups is 3. The van der Waals surface area contributed by atoms with Crippen LogP contribution in [0.2, 0.25) is 0 Å². The summed E-state index contributed by atoms with van der Waals surface area (Å²) in [5.74, 6) is 0.0361. The molecular weight excluding hydrogens is 436 g/mol. The first-order valence-corrected chi connectivity index (χ1v) is 12.5. The molecule has 7 heteroatoms. The summed E-state index contributed by atoms with van der Waals surface area (Å²) in [6.45, 7) is 1.82. The summed E-state index contributed by atoms with van der Waals surface area (Å²) in [5, 5.41) is 9.24. The van der Waals surface area contributed by atoms with Gasteiger partial charge in [-0.25, -0.2) is 0 Å². The fraction of sp³-hybridized carbons (Fsp3) is 0.423. The Morgan fingerprint density at radius 1 is 1.09 bits per heavy atom. The average molecular weight is 467 g/mol. The molecule has 1 fully saturated rings. The topological polar surface area (TPSA) is 96.8 Å². The van der Waals surface area contributed by atoms with E-state index in [1.165, 1.54) is 0 Å². The Kier molecular flexibility index (Phi) is 8.95. The molecule has 4 unspecified atom stereocenters. The SMILES string of the molecule is CC1CC(=O)C(CCSCCC(CC(=O)O)c2ccccc2)[N+](=[N-])C1C(=O)c1ccccc1. The zero-order valence-electron chi connectivity index (χ0n) is 18.8. The molecule has 0 spiro atoms. The van der Waals surface area contributed by atoms with Gasteiger partial charge < -0.3 is 15.3 Å². The number of rotatable bonds is 11. The Hall–Kier alpha value is -2.80. The Bertz CT molecular complexity index is 980. The molecule has 2 aromatic carbocycles. The number of hydrogen-bond donors (Lipinski definition) is 1. The van der Waals surface area contributed by atoms with E-state index in [1.807, 2.05) is 43.3 Å². The Labute approximate surface area is 198 Å². The number of ketones is 2. The predicted octanol–water partition coefficient (Wildman–Crippen LogP) is 5.02. The summed E-state index contributed by atoms with van der Waals surface area (Å²) >= 11 is 1.64. The molecule has 0 bridgehead atoms. The average Bonchev–Trinajstić information content (AvgIpc) is 2.80. The lowest BCUT2D eigenvalue weighted by Gasteiger charge is -2.33. The van der Waals surface area contributed by atoms with Crippen molar-refractivity contribution in [2.75, 3.05) is 11.5 Å². The van der Waals surface area contributed by atoms with Crippen molar-refractivity contribution in [3.8, 4) is 0 Å². The van der Waals surface area contributed by atoms with E-state index < -0.39 is 18.1 Å². The third-order valence-electron chi connectivity index (χ3n) is 6.20. The van der Waals surface area contributed by atoms with Crippen molar-refractivity contribution >= 4 is 29.3 Å². The second kappa shape index (κ2) is 11.9. The van der Waals surface area contributed by atoms with Crippen LogP contribution >= 0.6 is 11.8 Å². The van der Waals surface area contributed by atoms with Gasteiger partial charge in [0.1, 0.15) is 0 Å². The number of piperidine rings is 1. The minimum absolute atomic E-state index is 0.0456. The molecule has 1 N–H and O–H groups in total. The molecule has 6 nitrogen and oxygen atoms in total. The van der Waals surface area contributed by atoms with Gasteiger partial charge >= 0.3 is 5.97 Å². The lowest BCUT2D eigenvalue weighted by molar-refractivity contribution is -0.606. The van der Waals surface area contributed by atoms with Crippen LogP contribution in [0.3, 0.4) is 0 Å². The Morgan fingerprint density at radius 2 is 1.73 bits per heavy atom. The van der Waals surface area contributed by atoms with Crippen LogP contribution in [0.15, 0.2) is 60.7 Å². The monoisotopic (exact) mass is 466 g/mol. The summed E-state index contributed by atoms with van der Waals surface area (Å²) in [6, 6.07) is 17.1. The van der Waals surface area contributed by atoms with Crippen molar-refractivity contribution in [3.05, 3.63) is 77.3 Å². The number of benzene rings is 2. The number of hydrogen-bond acceptors (Lipinski definition) is 4. The molecule has 0 aromatic heterocycles. The van der Waals surface area contributed by atoms with Gasteiger partial charge in [0.2, 0.25) is 17.9 Å². The summed E-state index contributed by atoms with van der Waals surface area (Å²) in [5.41, 5.74) is 12.4. The number of thioether (sulfide) groups is 1. The molecule has 0 amide bonds. The largest absolute Gasteiger partial charge is 0.506 e. The van der Waals surface area contributed by atoms with Gasteiger partial charge in [0, 0.05) is 30.1 Å². The molecule has 1 heterocycles. The lowest BCUT2D eigenvalue weighted by atomic mass is 9.83. The van der Waals surface area contributed by atoms with Crippen molar-refractivity contribution in [1.82, 2.24) is 0 Å². The summed E-state index contributed by atoms with van der Waals surface area (Å²) < 4.78 is 0.976. The first-order valence-electron chi connectivity index (χ1n) is 11.3. The number of carboxylic acids is 1.